The number of hydrogen-bond acceptors (Lipinski definition) is 2. The fourth-order valence-electron chi connectivity index (χ4n) is 0.0822. The van der Waals surface area contributed by atoms with Crippen LogP contribution in [0.4, 0.5) is 0 Å². The van der Waals surface area contributed by atoms with E-state index >= 15 is 0 Å². The predicted octanol–water partition coefficient (Wildman–Crippen LogP) is -0.545. The van der Waals surface area contributed by atoms with Crippen molar-refractivity contribution in [2.75, 3.05) is 0 Å². The highest BCUT2D eigenvalue weighted by atomic mass is 35.5. The van der Waals surface area contributed by atoms with Crippen molar-refractivity contribution in [1.82, 2.24) is 0 Å². The van der Waals surface area contributed by atoms with Gasteiger partial charge in [-0.25, -0.2) is 4.99 Å². The Balaban J connectivity index is 3.03. The van der Waals surface area contributed by atoms with Crippen molar-refractivity contribution < 1.29 is 0 Å². The van der Waals surface area contributed by atoms with Crippen LogP contribution < -0.4 is 11.5 Å². The molecule has 0 saturated carbocycles. The Labute approximate surface area is 41.0 Å². The molecule has 3 nitrogen and oxygen atoms in total. The minimum atomic E-state index is -0.685. The van der Waals surface area contributed by atoms with Gasteiger partial charge in [-0.2, -0.15) is 0 Å². The first-order valence-corrected chi connectivity index (χ1v) is 1.84. The summed E-state index contributed by atoms with van der Waals surface area (Å²) >= 11 is 5.08. The summed E-state index contributed by atoms with van der Waals surface area (Å²) in [6.07, 6.45) is 1.07. The van der Waals surface area contributed by atoms with Crippen molar-refractivity contribution in [2.45, 2.75) is 5.62 Å². The molecule has 0 aromatic carbocycles. The molecule has 1 atom stereocenters. The highest BCUT2D eigenvalue weighted by Gasteiger charge is 1.80. The number of aliphatic imine (C=N–C) groups is 1. The molecule has 0 heterocycles. The molecule has 0 aliphatic rings. The third-order valence-corrected chi connectivity index (χ3v) is 0.341. The van der Waals surface area contributed by atoms with Gasteiger partial charge in [0, 0.05) is 0 Å². The van der Waals surface area contributed by atoms with Crippen molar-refractivity contribution in [3.63, 3.8) is 0 Å². The normalized spacial score (nSPS) is 15.7. The molecule has 0 aromatic rings. The summed E-state index contributed by atoms with van der Waals surface area (Å²) in [5.74, 6) is 0. The molecule has 0 rings (SSSR count). The van der Waals surface area contributed by atoms with E-state index in [2.05, 4.69) is 4.99 Å². The van der Waals surface area contributed by atoms with E-state index in [0.29, 0.717) is 0 Å². The quantitative estimate of drug-likeness (QED) is 0.205. The third kappa shape index (κ3) is 3.72. The standard InChI is InChI=1S/C2H6ClN3/c3-2(5)6-1-4/h1-2H,5H2,(H2,4,6)/t2-/m1/s1. The Morgan fingerprint density at radius 3 is 2.33 bits per heavy atom. The molecular formula is C2H6ClN3. The van der Waals surface area contributed by atoms with Gasteiger partial charge < -0.3 is 5.73 Å². The number of nitrogens with two attached hydrogens (primary N) is 2. The SMILES string of the molecule is NC=N[C@@H](N)Cl. The van der Waals surface area contributed by atoms with E-state index < -0.39 is 5.62 Å². The molecule has 0 bridgehead atoms. The van der Waals surface area contributed by atoms with Crippen LogP contribution in [0.1, 0.15) is 0 Å². The van der Waals surface area contributed by atoms with E-state index in [1.807, 2.05) is 0 Å². The second-order valence-electron chi connectivity index (χ2n) is 0.671. The van der Waals surface area contributed by atoms with Gasteiger partial charge >= 0.3 is 0 Å². The van der Waals surface area contributed by atoms with Crippen molar-refractivity contribution in [2.24, 2.45) is 16.5 Å². The Kier molecular flexibility index (Phi) is 2.80. The van der Waals surface area contributed by atoms with Crippen LogP contribution in [0.2, 0.25) is 0 Å². The highest BCUT2D eigenvalue weighted by Crippen LogP contribution is 1.80. The van der Waals surface area contributed by atoms with E-state index in [-0.39, 0.29) is 0 Å². The van der Waals surface area contributed by atoms with Crippen molar-refractivity contribution in [3.05, 3.63) is 0 Å². The molecule has 36 valence electrons. The Morgan fingerprint density at radius 1 is 1.83 bits per heavy atom. The first kappa shape index (κ1) is 5.72. The van der Waals surface area contributed by atoms with Gasteiger partial charge in [-0.05, 0) is 0 Å². The van der Waals surface area contributed by atoms with Gasteiger partial charge in [0.15, 0.2) is 5.62 Å². The zero-order chi connectivity index (χ0) is 4.99. The Hall–Kier alpha value is -0.280. The Bertz CT molecular complexity index is 50.8. The number of halogens is 1. The van der Waals surface area contributed by atoms with E-state index in [4.69, 9.17) is 23.1 Å². The number of rotatable bonds is 1. The van der Waals surface area contributed by atoms with Gasteiger partial charge in [0.1, 0.15) is 0 Å². The summed E-state index contributed by atoms with van der Waals surface area (Å²) in [5.41, 5.74) is 8.98. The van der Waals surface area contributed by atoms with E-state index in [9.17, 15) is 0 Å². The van der Waals surface area contributed by atoms with Gasteiger partial charge in [0.2, 0.25) is 0 Å². The molecule has 0 amide bonds. The molecule has 0 unspecified atom stereocenters. The summed E-state index contributed by atoms with van der Waals surface area (Å²) in [4.78, 5) is 3.32. The monoisotopic (exact) mass is 107 g/mol. The molecule has 4 heteroatoms. The average Bonchev–Trinajstić information content (AvgIpc) is 1.35. The van der Waals surface area contributed by atoms with Crippen molar-refractivity contribution in [1.29, 1.82) is 0 Å². The topological polar surface area (TPSA) is 64.4 Å². The van der Waals surface area contributed by atoms with E-state index in [1.54, 1.807) is 0 Å². The number of hydrogen-bond donors (Lipinski definition) is 2. The van der Waals surface area contributed by atoms with Crippen LogP contribution in [0, 0.1) is 0 Å². The lowest BCUT2D eigenvalue weighted by Crippen LogP contribution is -2.09. The summed E-state index contributed by atoms with van der Waals surface area (Å²) in [7, 11) is 0. The average molecular weight is 108 g/mol. The molecule has 0 fully saturated rings. The van der Waals surface area contributed by atoms with Crippen LogP contribution in [0.3, 0.4) is 0 Å². The summed E-state index contributed by atoms with van der Waals surface area (Å²) in [6, 6.07) is 0. The lowest BCUT2D eigenvalue weighted by atomic mass is 11.1. The zero-order valence-electron chi connectivity index (χ0n) is 3.13. The van der Waals surface area contributed by atoms with Crippen LogP contribution in [0.15, 0.2) is 4.99 Å². The number of nitrogens with zero attached hydrogens (tertiary/aromatic N) is 1. The Morgan fingerprint density at radius 2 is 2.33 bits per heavy atom. The second-order valence-corrected chi connectivity index (χ2v) is 1.12. The van der Waals surface area contributed by atoms with E-state index in [1.165, 1.54) is 0 Å². The molecular weight excluding hydrogens is 101 g/mol. The summed E-state index contributed by atoms with van der Waals surface area (Å²) < 4.78 is 0. The maximum absolute atomic E-state index is 5.08. The van der Waals surface area contributed by atoms with Crippen LogP contribution in [-0.4, -0.2) is 12.0 Å². The molecule has 0 radical (unpaired) electrons. The van der Waals surface area contributed by atoms with Crippen LogP contribution in [0.5, 0.6) is 0 Å². The fraction of sp³-hybridized carbons (Fsp3) is 0.500. The second kappa shape index (κ2) is 2.93. The van der Waals surface area contributed by atoms with Crippen LogP contribution in [0.25, 0.3) is 0 Å². The molecule has 0 aliphatic heterocycles. The lowest BCUT2D eigenvalue weighted by Gasteiger charge is -1.85. The zero-order valence-corrected chi connectivity index (χ0v) is 3.89. The maximum Gasteiger partial charge on any atom is 0.174 e. The van der Waals surface area contributed by atoms with Crippen molar-refractivity contribution >= 4 is 17.9 Å². The van der Waals surface area contributed by atoms with Crippen LogP contribution >= 0.6 is 11.6 Å². The first-order valence-electron chi connectivity index (χ1n) is 1.40. The highest BCUT2D eigenvalue weighted by molar-refractivity contribution is 6.20. The van der Waals surface area contributed by atoms with Crippen LogP contribution in [-0.2, 0) is 0 Å². The van der Waals surface area contributed by atoms with Gasteiger partial charge in [-0.3, -0.25) is 5.73 Å². The maximum atomic E-state index is 5.08. The van der Waals surface area contributed by atoms with E-state index in [0.717, 1.165) is 6.34 Å². The molecule has 0 aliphatic carbocycles. The number of alkyl halides is 1. The molecule has 0 aromatic heterocycles. The summed E-state index contributed by atoms with van der Waals surface area (Å²) in [5, 5.41) is 0. The minimum Gasteiger partial charge on any atom is -0.390 e. The van der Waals surface area contributed by atoms with Gasteiger partial charge in [0.25, 0.3) is 0 Å². The minimum absolute atomic E-state index is 0.685. The van der Waals surface area contributed by atoms with Gasteiger partial charge in [-0.1, -0.05) is 11.6 Å². The lowest BCUT2D eigenvalue weighted by molar-refractivity contribution is 0.978. The third-order valence-electron chi connectivity index (χ3n) is 0.228. The van der Waals surface area contributed by atoms with Gasteiger partial charge in [-0.15, -0.1) is 0 Å². The van der Waals surface area contributed by atoms with Gasteiger partial charge in [0.05, 0.1) is 6.34 Å². The largest absolute Gasteiger partial charge is 0.390 e. The summed E-state index contributed by atoms with van der Waals surface area (Å²) in [6.45, 7) is 0. The molecule has 4 N–H and O–H groups in total. The predicted molar refractivity (Wildman–Crippen MR) is 26.5 cm³/mol. The molecule has 0 saturated heterocycles. The van der Waals surface area contributed by atoms with Crippen molar-refractivity contribution in [3.8, 4) is 0 Å². The molecule has 0 spiro atoms. The smallest absolute Gasteiger partial charge is 0.174 e. The molecule has 6 heavy (non-hydrogen) atoms. The fourth-order valence-corrected chi connectivity index (χ4v) is 0.147. The first-order chi connectivity index (χ1) is 2.77.